The minimum absolute atomic E-state index is 0.103. The van der Waals surface area contributed by atoms with Crippen molar-refractivity contribution in [3.05, 3.63) is 35.4 Å². The van der Waals surface area contributed by atoms with Crippen LogP contribution in [-0.2, 0) is 9.53 Å². The van der Waals surface area contributed by atoms with Crippen molar-refractivity contribution < 1.29 is 19.1 Å². The van der Waals surface area contributed by atoms with Gasteiger partial charge in [-0.3, -0.25) is 4.79 Å². The molecule has 0 aliphatic carbocycles. The lowest BCUT2D eigenvalue weighted by molar-refractivity contribution is -0.0980. The number of hydrogen-bond acceptors (Lipinski definition) is 4. The fourth-order valence-electron chi connectivity index (χ4n) is 1.40. The lowest BCUT2D eigenvalue weighted by Gasteiger charge is -2.04. The highest BCUT2D eigenvalue weighted by Crippen LogP contribution is 2.11. The summed E-state index contributed by atoms with van der Waals surface area (Å²) in [6.45, 7) is 6.00. The van der Waals surface area contributed by atoms with Gasteiger partial charge in [0.05, 0.1) is 12.7 Å². The fourth-order valence-corrected chi connectivity index (χ4v) is 1.40. The predicted molar refractivity (Wildman–Crippen MR) is 68.7 cm³/mol. The topological polar surface area (TPSA) is 60.4 Å². The average molecular weight is 250 g/mol. The normalized spacial score (nSPS) is 9.33. The molecule has 1 rings (SSSR count). The first-order valence-electron chi connectivity index (χ1n) is 5.55. The van der Waals surface area contributed by atoms with Gasteiger partial charge >= 0.3 is 5.97 Å². The number of carbonyl (C=O) groups is 3. The monoisotopic (exact) mass is 250 g/mol. The maximum Gasteiger partial charge on any atom is 0.337 e. The number of benzene rings is 1. The van der Waals surface area contributed by atoms with E-state index in [0.717, 1.165) is 0 Å². The Kier molecular flexibility index (Phi) is 7.28. The molecule has 1 aromatic carbocycles. The van der Waals surface area contributed by atoms with Crippen LogP contribution in [0.5, 0.6) is 0 Å². The van der Waals surface area contributed by atoms with E-state index in [-0.39, 0.29) is 11.8 Å². The number of ketones is 1. The molecule has 4 heteroatoms. The van der Waals surface area contributed by atoms with Crippen molar-refractivity contribution in [2.75, 3.05) is 7.11 Å². The maximum absolute atomic E-state index is 11.7. The largest absolute Gasteiger partial charge is 0.465 e. The summed E-state index contributed by atoms with van der Waals surface area (Å²) >= 11 is 0. The molecule has 0 saturated heterocycles. The van der Waals surface area contributed by atoms with Crippen LogP contribution < -0.4 is 0 Å². The zero-order chi connectivity index (χ0) is 14.1. The zero-order valence-electron chi connectivity index (χ0n) is 10.9. The minimum atomic E-state index is -0.386. The first-order chi connectivity index (χ1) is 8.54. The summed E-state index contributed by atoms with van der Waals surface area (Å²) in [5.41, 5.74) is 1.10. The Morgan fingerprint density at radius 3 is 1.94 bits per heavy atom. The Hall–Kier alpha value is -1.97. The number of Topliss-reactive ketones (excluding diaryl/α,β-unsaturated/α-hetero) is 1. The first kappa shape index (κ1) is 16.0. The van der Waals surface area contributed by atoms with E-state index in [2.05, 4.69) is 4.74 Å². The molecule has 0 heterocycles. The van der Waals surface area contributed by atoms with Crippen molar-refractivity contribution in [2.45, 2.75) is 20.3 Å². The lowest BCUT2D eigenvalue weighted by Crippen LogP contribution is -2.05. The molecule has 0 fully saturated rings. The van der Waals surface area contributed by atoms with Gasteiger partial charge in [-0.25, -0.2) is 4.79 Å². The Morgan fingerprint density at radius 2 is 1.56 bits per heavy atom. The van der Waals surface area contributed by atoms with Crippen LogP contribution in [0.4, 0.5) is 0 Å². The molecule has 4 nitrogen and oxygen atoms in total. The first-order valence-corrected chi connectivity index (χ1v) is 5.55. The van der Waals surface area contributed by atoms with E-state index >= 15 is 0 Å². The molecule has 0 amide bonds. The number of hydrogen-bond donors (Lipinski definition) is 0. The third-order valence-corrected chi connectivity index (χ3v) is 2.22. The lowest BCUT2D eigenvalue weighted by atomic mass is 10.0. The third kappa shape index (κ3) is 4.91. The molecular formula is C14H18O4. The predicted octanol–water partition coefficient (Wildman–Crippen LogP) is 2.52. The van der Waals surface area contributed by atoms with Gasteiger partial charge in [0.25, 0.3) is 0 Å². The van der Waals surface area contributed by atoms with Gasteiger partial charge in [0.2, 0.25) is 0 Å². The van der Waals surface area contributed by atoms with Gasteiger partial charge in [-0.05, 0) is 18.1 Å². The minimum Gasteiger partial charge on any atom is -0.465 e. The number of esters is 1. The van der Waals surface area contributed by atoms with Crippen LogP contribution in [-0.4, -0.2) is 25.7 Å². The standard InChI is InChI=1S/C13H16O3.CH2O/c1-9(2)8-12(14)10-4-6-11(7-5-10)13(15)16-3;1-2/h4-7,9H,8H2,1-3H3;1H2. The van der Waals surface area contributed by atoms with Crippen LogP contribution in [0, 0.1) is 5.92 Å². The van der Waals surface area contributed by atoms with Gasteiger partial charge in [-0.2, -0.15) is 0 Å². The Balaban J connectivity index is 0.00000137. The van der Waals surface area contributed by atoms with E-state index in [0.29, 0.717) is 23.5 Å². The molecule has 0 radical (unpaired) electrons. The highest BCUT2D eigenvalue weighted by atomic mass is 16.5. The van der Waals surface area contributed by atoms with Gasteiger partial charge in [-0.15, -0.1) is 0 Å². The van der Waals surface area contributed by atoms with Gasteiger partial charge in [0.1, 0.15) is 6.79 Å². The number of ether oxygens (including phenoxy) is 1. The SMILES string of the molecule is C=O.COC(=O)c1ccc(C(=O)CC(C)C)cc1. The molecule has 0 N–H and O–H groups in total. The van der Waals surface area contributed by atoms with E-state index < -0.39 is 0 Å². The van der Waals surface area contributed by atoms with Gasteiger partial charge < -0.3 is 9.53 Å². The van der Waals surface area contributed by atoms with Crippen molar-refractivity contribution in [3.63, 3.8) is 0 Å². The molecule has 0 unspecified atom stereocenters. The molecular weight excluding hydrogens is 232 g/mol. The van der Waals surface area contributed by atoms with E-state index in [4.69, 9.17) is 4.79 Å². The van der Waals surface area contributed by atoms with Crippen molar-refractivity contribution in [1.82, 2.24) is 0 Å². The van der Waals surface area contributed by atoms with Crippen LogP contribution >= 0.6 is 0 Å². The van der Waals surface area contributed by atoms with Gasteiger partial charge in [0.15, 0.2) is 5.78 Å². The number of carbonyl (C=O) groups excluding carboxylic acids is 3. The van der Waals surface area contributed by atoms with Gasteiger partial charge in [-0.1, -0.05) is 26.0 Å². The molecule has 0 aliphatic heterocycles. The highest BCUT2D eigenvalue weighted by Gasteiger charge is 2.10. The second-order valence-corrected chi connectivity index (χ2v) is 4.09. The molecule has 0 bridgehead atoms. The molecule has 98 valence electrons. The van der Waals surface area contributed by atoms with Crippen molar-refractivity contribution in [3.8, 4) is 0 Å². The number of rotatable bonds is 4. The summed E-state index contributed by atoms with van der Waals surface area (Å²) in [4.78, 5) is 30.9. The van der Waals surface area contributed by atoms with Crippen molar-refractivity contribution in [2.24, 2.45) is 5.92 Å². The Bertz CT molecular complexity index is 393. The van der Waals surface area contributed by atoms with Crippen molar-refractivity contribution in [1.29, 1.82) is 0 Å². The van der Waals surface area contributed by atoms with Crippen LogP contribution in [0.2, 0.25) is 0 Å². The summed E-state index contributed by atoms with van der Waals surface area (Å²) in [6.07, 6.45) is 0.525. The van der Waals surface area contributed by atoms with E-state index in [1.54, 1.807) is 24.3 Å². The average Bonchev–Trinajstić information content (AvgIpc) is 2.39. The van der Waals surface area contributed by atoms with Crippen LogP contribution in [0.15, 0.2) is 24.3 Å². The molecule has 0 aromatic heterocycles. The second kappa shape index (κ2) is 8.17. The smallest absolute Gasteiger partial charge is 0.337 e. The zero-order valence-corrected chi connectivity index (χ0v) is 10.9. The summed E-state index contributed by atoms with van der Waals surface area (Å²) < 4.78 is 4.58. The molecule has 18 heavy (non-hydrogen) atoms. The van der Waals surface area contributed by atoms with Crippen LogP contribution in [0.3, 0.4) is 0 Å². The fraction of sp³-hybridized carbons (Fsp3) is 0.357. The summed E-state index contributed by atoms with van der Waals surface area (Å²) in [7, 11) is 1.33. The molecule has 0 atom stereocenters. The summed E-state index contributed by atoms with van der Waals surface area (Å²) in [5.74, 6) is 0.0575. The maximum atomic E-state index is 11.7. The Morgan fingerprint density at radius 1 is 1.11 bits per heavy atom. The summed E-state index contributed by atoms with van der Waals surface area (Å²) in [6, 6.07) is 6.55. The van der Waals surface area contributed by atoms with E-state index in [9.17, 15) is 9.59 Å². The second-order valence-electron chi connectivity index (χ2n) is 4.09. The van der Waals surface area contributed by atoms with Crippen LogP contribution in [0.1, 0.15) is 41.0 Å². The molecule has 1 aromatic rings. The molecule has 0 aliphatic rings. The third-order valence-electron chi connectivity index (χ3n) is 2.22. The highest BCUT2D eigenvalue weighted by molar-refractivity contribution is 5.97. The van der Waals surface area contributed by atoms with Crippen molar-refractivity contribution >= 4 is 18.5 Å². The van der Waals surface area contributed by atoms with E-state index in [1.165, 1.54) is 7.11 Å². The summed E-state index contributed by atoms with van der Waals surface area (Å²) in [5, 5.41) is 0. The quantitative estimate of drug-likeness (QED) is 0.608. The molecule has 0 saturated carbocycles. The van der Waals surface area contributed by atoms with E-state index in [1.807, 2.05) is 20.6 Å². The Labute approximate surface area is 107 Å². The molecule has 0 spiro atoms. The van der Waals surface area contributed by atoms with Gasteiger partial charge in [0, 0.05) is 12.0 Å². The number of methoxy groups -OCH3 is 1. The van der Waals surface area contributed by atoms with Crippen LogP contribution in [0.25, 0.3) is 0 Å².